The van der Waals surface area contributed by atoms with Crippen LogP contribution in [0.4, 0.5) is 0 Å². The first kappa shape index (κ1) is 17.7. The number of pyridine rings is 1. The molecule has 134 valence electrons. The molecule has 0 bridgehead atoms. The first-order valence-corrected chi connectivity index (χ1v) is 8.71. The third-order valence-corrected chi connectivity index (χ3v) is 4.72. The lowest BCUT2D eigenvalue weighted by Gasteiger charge is -2.19. The Morgan fingerprint density at radius 2 is 2.32 bits per heavy atom. The highest BCUT2D eigenvalue weighted by atomic mass is 35.5. The SMILES string of the molecule is CCOc1ncc(C(=O)NC[C@@H]2CNC[C@H]2c2cncn2C)cc1Cl. The first-order chi connectivity index (χ1) is 12.1. The van der Waals surface area contributed by atoms with Gasteiger partial charge in [-0.2, -0.15) is 0 Å². The van der Waals surface area contributed by atoms with E-state index >= 15 is 0 Å². The number of nitrogens with one attached hydrogen (secondary N) is 2. The van der Waals surface area contributed by atoms with E-state index < -0.39 is 0 Å². The van der Waals surface area contributed by atoms with Crippen LogP contribution >= 0.6 is 11.6 Å². The van der Waals surface area contributed by atoms with Gasteiger partial charge in [0.25, 0.3) is 5.91 Å². The second-order valence-corrected chi connectivity index (χ2v) is 6.52. The minimum Gasteiger partial charge on any atom is -0.477 e. The maximum atomic E-state index is 12.4. The summed E-state index contributed by atoms with van der Waals surface area (Å²) in [6.45, 7) is 4.65. The number of nitrogens with zero attached hydrogens (tertiary/aromatic N) is 3. The Labute approximate surface area is 151 Å². The number of carbonyl (C=O) groups excluding carboxylic acids is 1. The number of rotatable bonds is 6. The second-order valence-electron chi connectivity index (χ2n) is 6.11. The third-order valence-electron chi connectivity index (χ3n) is 4.45. The lowest BCUT2D eigenvalue weighted by atomic mass is 9.93. The fourth-order valence-electron chi connectivity index (χ4n) is 3.14. The van der Waals surface area contributed by atoms with Crippen LogP contribution in [-0.2, 0) is 7.05 Å². The fourth-order valence-corrected chi connectivity index (χ4v) is 3.36. The van der Waals surface area contributed by atoms with Crippen molar-refractivity contribution in [1.29, 1.82) is 0 Å². The van der Waals surface area contributed by atoms with E-state index in [1.54, 1.807) is 12.4 Å². The Morgan fingerprint density at radius 3 is 3.00 bits per heavy atom. The number of hydrogen-bond acceptors (Lipinski definition) is 5. The second kappa shape index (κ2) is 7.84. The molecule has 2 atom stereocenters. The van der Waals surface area contributed by atoms with Crippen LogP contribution in [0, 0.1) is 5.92 Å². The topological polar surface area (TPSA) is 81.1 Å². The highest BCUT2D eigenvalue weighted by molar-refractivity contribution is 6.32. The Bertz CT molecular complexity index is 748. The molecular weight excluding hydrogens is 342 g/mol. The van der Waals surface area contributed by atoms with Gasteiger partial charge >= 0.3 is 0 Å². The summed E-state index contributed by atoms with van der Waals surface area (Å²) in [4.78, 5) is 20.7. The Hall–Kier alpha value is -2.12. The summed E-state index contributed by atoms with van der Waals surface area (Å²) in [6, 6.07) is 1.58. The summed E-state index contributed by atoms with van der Waals surface area (Å²) in [5, 5.41) is 6.71. The summed E-state index contributed by atoms with van der Waals surface area (Å²) >= 11 is 6.10. The van der Waals surface area contributed by atoms with Crippen molar-refractivity contribution in [3.8, 4) is 5.88 Å². The van der Waals surface area contributed by atoms with E-state index in [1.807, 2.05) is 24.7 Å². The summed E-state index contributed by atoms with van der Waals surface area (Å²) in [5.41, 5.74) is 1.60. The predicted molar refractivity (Wildman–Crippen MR) is 95.1 cm³/mol. The molecule has 1 aliphatic heterocycles. The monoisotopic (exact) mass is 363 g/mol. The van der Waals surface area contributed by atoms with E-state index in [0.717, 1.165) is 13.1 Å². The van der Waals surface area contributed by atoms with Gasteiger partial charge in [-0.25, -0.2) is 9.97 Å². The molecule has 7 nitrogen and oxygen atoms in total. The number of imidazole rings is 1. The quantitative estimate of drug-likeness (QED) is 0.814. The molecule has 8 heteroatoms. The van der Waals surface area contributed by atoms with E-state index in [2.05, 4.69) is 20.6 Å². The largest absolute Gasteiger partial charge is 0.477 e. The predicted octanol–water partition coefficient (Wildman–Crippen LogP) is 1.60. The molecule has 0 unspecified atom stereocenters. The molecule has 0 spiro atoms. The molecule has 2 N–H and O–H groups in total. The number of ether oxygens (including phenoxy) is 1. The molecule has 25 heavy (non-hydrogen) atoms. The van der Waals surface area contributed by atoms with Crippen LogP contribution in [0.25, 0.3) is 0 Å². The lowest BCUT2D eigenvalue weighted by molar-refractivity contribution is 0.0946. The molecule has 2 aromatic heterocycles. The van der Waals surface area contributed by atoms with Gasteiger partial charge in [0.05, 0.1) is 18.5 Å². The number of halogens is 1. The highest BCUT2D eigenvalue weighted by Crippen LogP contribution is 2.27. The van der Waals surface area contributed by atoms with Crippen LogP contribution in [0.15, 0.2) is 24.8 Å². The average Bonchev–Trinajstić information content (AvgIpc) is 3.22. The van der Waals surface area contributed by atoms with E-state index in [-0.39, 0.29) is 5.91 Å². The minimum atomic E-state index is -0.187. The van der Waals surface area contributed by atoms with Gasteiger partial charge < -0.3 is 19.9 Å². The van der Waals surface area contributed by atoms with E-state index in [1.165, 1.54) is 11.9 Å². The molecule has 0 saturated carbocycles. The summed E-state index contributed by atoms with van der Waals surface area (Å²) in [6.07, 6.45) is 5.18. The van der Waals surface area contributed by atoms with Gasteiger partial charge in [-0.15, -0.1) is 0 Å². The van der Waals surface area contributed by atoms with Crippen molar-refractivity contribution in [2.75, 3.05) is 26.2 Å². The maximum absolute atomic E-state index is 12.4. The Balaban J connectivity index is 1.62. The van der Waals surface area contributed by atoms with Gasteiger partial charge in [0.15, 0.2) is 0 Å². The summed E-state index contributed by atoms with van der Waals surface area (Å²) < 4.78 is 7.32. The van der Waals surface area contributed by atoms with Gasteiger partial charge in [-0.05, 0) is 18.9 Å². The molecule has 0 radical (unpaired) electrons. The summed E-state index contributed by atoms with van der Waals surface area (Å²) in [7, 11) is 1.99. The maximum Gasteiger partial charge on any atom is 0.252 e. The van der Waals surface area contributed by atoms with Crippen LogP contribution in [0.1, 0.15) is 28.9 Å². The van der Waals surface area contributed by atoms with Crippen LogP contribution in [0.3, 0.4) is 0 Å². The molecule has 1 fully saturated rings. The summed E-state index contributed by atoms with van der Waals surface area (Å²) in [5.74, 6) is 0.797. The zero-order valence-corrected chi connectivity index (χ0v) is 15.1. The van der Waals surface area contributed by atoms with Gasteiger partial charge in [0.1, 0.15) is 5.02 Å². The number of carbonyl (C=O) groups is 1. The van der Waals surface area contributed by atoms with Crippen molar-refractivity contribution in [3.63, 3.8) is 0 Å². The molecule has 3 heterocycles. The Morgan fingerprint density at radius 1 is 1.48 bits per heavy atom. The lowest BCUT2D eigenvalue weighted by Crippen LogP contribution is -2.32. The van der Waals surface area contributed by atoms with Gasteiger partial charge in [0.2, 0.25) is 5.88 Å². The smallest absolute Gasteiger partial charge is 0.252 e. The molecule has 1 aliphatic rings. The van der Waals surface area contributed by atoms with Gasteiger partial charge in [-0.1, -0.05) is 11.6 Å². The standard InChI is InChI=1S/C17H22ClN5O2/c1-3-25-17-14(18)4-11(6-22-17)16(24)21-7-12-5-19-8-13(12)15-9-20-10-23(15)2/h4,6,9-10,12-13,19H,3,5,7-8H2,1-2H3,(H,21,24)/t12-,13+/m0/s1. The van der Waals surface area contributed by atoms with Crippen LogP contribution in [0.5, 0.6) is 5.88 Å². The number of aryl methyl sites for hydroxylation is 1. The number of hydrogen-bond donors (Lipinski definition) is 2. The first-order valence-electron chi connectivity index (χ1n) is 8.33. The number of amides is 1. The van der Waals surface area contributed by atoms with Crippen molar-refractivity contribution in [2.24, 2.45) is 13.0 Å². The zero-order chi connectivity index (χ0) is 17.8. The van der Waals surface area contributed by atoms with Crippen molar-refractivity contribution in [2.45, 2.75) is 12.8 Å². The minimum absolute atomic E-state index is 0.187. The van der Waals surface area contributed by atoms with E-state index in [0.29, 0.717) is 41.5 Å². The molecule has 0 aliphatic carbocycles. The molecule has 2 aromatic rings. The van der Waals surface area contributed by atoms with Crippen LogP contribution in [-0.4, -0.2) is 46.7 Å². The van der Waals surface area contributed by atoms with E-state index in [4.69, 9.17) is 16.3 Å². The molecule has 3 rings (SSSR count). The van der Waals surface area contributed by atoms with Crippen molar-refractivity contribution >= 4 is 17.5 Å². The molecule has 1 amide bonds. The molecular formula is C17H22ClN5O2. The average molecular weight is 364 g/mol. The normalized spacial score (nSPS) is 19.8. The number of aromatic nitrogens is 3. The van der Waals surface area contributed by atoms with Crippen LogP contribution < -0.4 is 15.4 Å². The van der Waals surface area contributed by atoms with Crippen molar-refractivity contribution in [1.82, 2.24) is 25.2 Å². The Kier molecular flexibility index (Phi) is 5.55. The fraction of sp³-hybridized carbons (Fsp3) is 0.471. The van der Waals surface area contributed by atoms with Gasteiger partial charge in [0, 0.05) is 50.7 Å². The van der Waals surface area contributed by atoms with Crippen molar-refractivity contribution < 1.29 is 9.53 Å². The van der Waals surface area contributed by atoms with Crippen LogP contribution in [0.2, 0.25) is 5.02 Å². The zero-order valence-electron chi connectivity index (χ0n) is 14.3. The van der Waals surface area contributed by atoms with Gasteiger partial charge in [-0.3, -0.25) is 4.79 Å². The van der Waals surface area contributed by atoms with Crippen molar-refractivity contribution in [3.05, 3.63) is 41.1 Å². The molecule has 1 saturated heterocycles. The highest BCUT2D eigenvalue weighted by Gasteiger charge is 2.30. The third kappa shape index (κ3) is 3.93. The van der Waals surface area contributed by atoms with E-state index in [9.17, 15) is 4.79 Å². The molecule has 0 aromatic carbocycles.